The van der Waals surface area contributed by atoms with Crippen LogP contribution in [0, 0.1) is 0 Å². The molecule has 12 rings (SSSR count). The van der Waals surface area contributed by atoms with E-state index in [1.165, 1.54) is 0 Å². The van der Waals surface area contributed by atoms with Crippen LogP contribution in [0.25, 0.3) is 98.7 Å². The second-order valence-electron chi connectivity index (χ2n) is 15.9. The lowest BCUT2D eigenvalue weighted by atomic mass is 9.89. The van der Waals surface area contributed by atoms with Crippen LogP contribution in [0.1, 0.15) is 16.4 Å². The van der Waals surface area contributed by atoms with Crippen LogP contribution in [0.5, 0.6) is 0 Å². The first-order chi connectivity index (χ1) is 37.3. The fourth-order valence-corrected chi connectivity index (χ4v) is 8.95. The molecule has 0 bridgehead atoms. The summed E-state index contributed by atoms with van der Waals surface area (Å²) >= 11 is 0. The number of hydrogen-bond donors (Lipinski definition) is 0. The summed E-state index contributed by atoms with van der Waals surface area (Å²) < 4.78 is 118. The third-order valence-corrected chi connectivity index (χ3v) is 12.1. The van der Waals surface area contributed by atoms with Gasteiger partial charge in [-0.05, 0) is 141 Å². The SMILES string of the molecule is [2H]c1c([2H])c(N(c2c([2H])c([2H])c(-c3c(-c4ccccc4)ccc4ccccc34)c([2H])c2[2H])c2c([2H])c([2H])c(-c3cc4ccccc4c4ccccc34)c([2H])c2[2H])c([2H])c([2H])c1-c1ccc(-c2cccc3ccccc23)cc1. The van der Waals surface area contributed by atoms with E-state index < -0.39 is 89.6 Å². The summed E-state index contributed by atoms with van der Waals surface area (Å²) in [6.45, 7) is 0. The number of nitrogens with zero attached hydrogens (tertiary/aromatic N) is 1. The molecule has 0 aliphatic carbocycles. The van der Waals surface area contributed by atoms with Gasteiger partial charge in [0.05, 0.1) is 16.4 Å². The average Bonchev–Trinajstić information content (AvgIpc) is 3.59. The van der Waals surface area contributed by atoms with Gasteiger partial charge < -0.3 is 4.90 Å². The number of fused-ring (bicyclic) bond motifs is 5. The molecule has 0 fully saturated rings. The van der Waals surface area contributed by atoms with Crippen LogP contribution in [0.2, 0.25) is 0 Å². The molecule has 1 heteroatoms. The van der Waals surface area contributed by atoms with Crippen molar-refractivity contribution in [1.82, 2.24) is 0 Å². The van der Waals surface area contributed by atoms with Gasteiger partial charge in [0.25, 0.3) is 0 Å². The molecule has 0 unspecified atom stereocenters. The Kier molecular flexibility index (Phi) is 6.91. The van der Waals surface area contributed by atoms with E-state index in [1.807, 2.05) is 176 Å². The van der Waals surface area contributed by atoms with Crippen molar-refractivity contribution in [2.45, 2.75) is 0 Å². The van der Waals surface area contributed by atoms with Gasteiger partial charge in [0.15, 0.2) is 0 Å². The highest BCUT2D eigenvalue weighted by molar-refractivity contribution is 6.14. The molecule has 0 aromatic heterocycles. The van der Waals surface area contributed by atoms with Crippen LogP contribution >= 0.6 is 0 Å². The molecule has 0 spiro atoms. The van der Waals surface area contributed by atoms with Gasteiger partial charge in [-0.2, -0.15) is 0 Å². The van der Waals surface area contributed by atoms with Crippen molar-refractivity contribution in [3.05, 3.63) is 261 Å². The zero-order chi connectivity index (χ0) is 53.6. The van der Waals surface area contributed by atoms with Gasteiger partial charge >= 0.3 is 0 Å². The van der Waals surface area contributed by atoms with Gasteiger partial charge in [0.2, 0.25) is 0 Å². The van der Waals surface area contributed by atoms with Crippen LogP contribution in [0.15, 0.2) is 261 Å². The molecule has 0 heterocycles. The minimum Gasteiger partial charge on any atom is -0.311 e. The molecule has 0 saturated heterocycles. The zero-order valence-electron chi connectivity index (χ0n) is 46.8. The standard InChI is InChI=1S/C64H43N/c1-2-13-47(14-3-1)60-42-35-48-16-5-9-21-59(48)64(60)51-33-40-55(41-34-51)65(54-38-31-50(32-39-54)63-43-52-17-6-8-20-58(52)61-22-10-11-23-62(61)63)53-36-29-45(30-37-53)44-25-27-49(28-26-44)57-24-12-18-46-15-4-7-19-56(46)57/h1-43H/i29D,30D,31D,32D,33D,34D,36D,37D,38D,39D,40D,41D. The van der Waals surface area contributed by atoms with Gasteiger partial charge in [-0.15, -0.1) is 0 Å². The third kappa shape index (κ3) is 7.01. The van der Waals surface area contributed by atoms with E-state index in [1.54, 1.807) is 12.1 Å². The van der Waals surface area contributed by atoms with Crippen LogP contribution in [-0.2, 0) is 0 Å². The molecule has 0 amide bonds. The topological polar surface area (TPSA) is 3.24 Å². The number of hydrogen-bond acceptors (Lipinski definition) is 1. The predicted molar refractivity (Wildman–Crippen MR) is 278 cm³/mol. The van der Waals surface area contributed by atoms with E-state index in [9.17, 15) is 16.4 Å². The van der Waals surface area contributed by atoms with E-state index in [2.05, 4.69) is 0 Å². The van der Waals surface area contributed by atoms with Gasteiger partial charge in [0, 0.05) is 17.1 Å². The van der Waals surface area contributed by atoms with Crippen molar-refractivity contribution in [2.75, 3.05) is 4.90 Å². The minimum atomic E-state index is -0.681. The first-order valence-corrected chi connectivity index (χ1v) is 21.4. The second-order valence-corrected chi connectivity index (χ2v) is 15.9. The quantitative estimate of drug-likeness (QED) is 0.138. The number of rotatable bonds is 8. The lowest BCUT2D eigenvalue weighted by Gasteiger charge is -2.26. The first kappa shape index (κ1) is 27.5. The Hall–Kier alpha value is -8.52. The monoisotopic (exact) mass is 837 g/mol. The molecular weight excluding hydrogens is 783 g/mol. The van der Waals surface area contributed by atoms with Crippen LogP contribution in [0.4, 0.5) is 17.1 Å². The normalized spacial score (nSPS) is 14.0. The largest absolute Gasteiger partial charge is 0.311 e. The van der Waals surface area contributed by atoms with Gasteiger partial charge in [-0.1, -0.05) is 218 Å². The fraction of sp³-hybridized carbons (Fsp3) is 0. The van der Waals surface area contributed by atoms with Crippen LogP contribution in [0.3, 0.4) is 0 Å². The van der Waals surface area contributed by atoms with Crippen LogP contribution < -0.4 is 4.90 Å². The summed E-state index contributed by atoms with van der Waals surface area (Å²) in [6.07, 6.45) is 0. The molecular formula is C64H43N. The van der Waals surface area contributed by atoms with Gasteiger partial charge in [-0.3, -0.25) is 0 Å². The van der Waals surface area contributed by atoms with Crippen molar-refractivity contribution in [1.29, 1.82) is 0 Å². The molecule has 65 heavy (non-hydrogen) atoms. The molecule has 12 aromatic rings. The van der Waals surface area contributed by atoms with E-state index >= 15 is 0 Å². The van der Waals surface area contributed by atoms with Crippen molar-refractivity contribution >= 4 is 60.2 Å². The smallest absolute Gasteiger partial charge is 0.0645 e. The third-order valence-electron chi connectivity index (χ3n) is 12.1. The number of anilines is 3. The van der Waals surface area contributed by atoms with Crippen LogP contribution in [-0.4, -0.2) is 0 Å². The Morgan fingerprint density at radius 1 is 0.246 bits per heavy atom. The van der Waals surface area contributed by atoms with Gasteiger partial charge in [0.1, 0.15) is 0 Å². The average molecular weight is 838 g/mol. The summed E-state index contributed by atoms with van der Waals surface area (Å²) in [7, 11) is 0. The highest BCUT2D eigenvalue weighted by atomic mass is 15.1. The van der Waals surface area contributed by atoms with Crippen molar-refractivity contribution < 1.29 is 16.4 Å². The first-order valence-electron chi connectivity index (χ1n) is 27.4. The van der Waals surface area contributed by atoms with E-state index in [0.29, 0.717) is 33.0 Å². The summed E-state index contributed by atoms with van der Waals surface area (Å²) in [6, 6.07) is 51.4. The molecule has 0 radical (unpaired) electrons. The molecule has 304 valence electrons. The maximum atomic E-state index is 9.93. The molecule has 0 N–H and O–H groups in total. The summed E-state index contributed by atoms with van der Waals surface area (Å²) in [5, 5.41) is 6.70. The fourth-order valence-electron chi connectivity index (χ4n) is 8.95. The summed E-state index contributed by atoms with van der Waals surface area (Å²) in [5.41, 5.74) is 2.44. The van der Waals surface area contributed by atoms with E-state index in [4.69, 9.17) is 0 Å². The molecule has 0 aliphatic heterocycles. The van der Waals surface area contributed by atoms with Crippen molar-refractivity contribution in [3.8, 4) is 55.6 Å². The Balaban J connectivity index is 1.12. The summed E-state index contributed by atoms with van der Waals surface area (Å²) in [5.74, 6) is 0. The maximum Gasteiger partial charge on any atom is 0.0645 e. The molecule has 1 nitrogen and oxygen atoms in total. The molecule has 12 aromatic carbocycles. The van der Waals surface area contributed by atoms with Gasteiger partial charge in [-0.25, -0.2) is 0 Å². The molecule has 0 saturated carbocycles. The maximum absolute atomic E-state index is 9.93. The second kappa shape index (κ2) is 16.3. The lowest BCUT2D eigenvalue weighted by molar-refractivity contribution is 1.28. The Morgan fingerprint density at radius 2 is 0.723 bits per heavy atom. The lowest BCUT2D eigenvalue weighted by Crippen LogP contribution is -2.09. The molecule has 0 aliphatic rings. The Labute approximate surface area is 396 Å². The van der Waals surface area contributed by atoms with Crippen molar-refractivity contribution in [2.24, 2.45) is 0 Å². The predicted octanol–water partition coefficient (Wildman–Crippen LogP) is 18.1. The highest BCUT2D eigenvalue weighted by Gasteiger charge is 2.17. The van der Waals surface area contributed by atoms with E-state index in [0.717, 1.165) is 53.9 Å². The Bertz CT molecular complexity index is 4330. The highest BCUT2D eigenvalue weighted by Crippen LogP contribution is 2.43. The Morgan fingerprint density at radius 3 is 1.40 bits per heavy atom. The summed E-state index contributed by atoms with van der Waals surface area (Å²) in [4.78, 5) is 0.878. The number of benzene rings is 12. The van der Waals surface area contributed by atoms with Crippen molar-refractivity contribution in [3.63, 3.8) is 0 Å². The molecule has 0 atom stereocenters. The zero-order valence-corrected chi connectivity index (χ0v) is 34.8. The minimum absolute atomic E-state index is 0.0493. The van der Waals surface area contributed by atoms with E-state index in [-0.39, 0.29) is 16.7 Å².